The fourth-order valence-electron chi connectivity index (χ4n) is 2.63. The second kappa shape index (κ2) is 10.1. The molecular weight excluding hydrogens is 385 g/mol. The minimum atomic E-state index is -0.346. The van der Waals surface area contributed by atoms with Gasteiger partial charge in [0, 0.05) is 16.8 Å². The third-order valence-corrected chi connectivity index (χ3v) is 4.16. The lowest BCUT2D eigenvalue weighted by Crippen LogP contribution is -2.17. The van der Waals surface area contributed by atoms with Crippen LogP contribution >= 0.6 is 0 Å². The summed E-state index contributed by atoms with van der Waals surface area (Å²) in [7, 11) is 0. The van der Waals surface area contributed by atoms with Gasteiger partial charge in [0.2, 0.25) is 0 Å². The molecule has 3 aromatic rings. The molecule has 0 bridgehead atoms. The van der Waals surface area contributed by atoms with Gasteiger partial charge < -0.3 is 15.2 Å². The second-order valence-electron chi connectivity index (χ2n) is 6.34. The number of nitrogens with one attached hydrogen (secondary N) is 1. The third-order valence-electron chi connectivity index (χ3n) is 4.16. The smallest absolute Gasteiger partial charge is 0.271 e. The summed E-state index contributed by atoms with van der Waals surface area (Å²) in [5.74, 6) is 0.322. The van der Waals surface area contributed by atoms with Crippen LogP contribution in [0.15, 0.2) is 71.8 Å². The summed E-state index contributed by atoms with van der Waals surface area (Å²) in [5.41, 5.74) is 10.3. The summed E-state index contributed by atoms with van der Waals surface area (Å²) in [6.45, 7) is 2.37. The third kappa shape index (κ3) is 5.57. The van der Waals surface area contributed by atoms with Crippen molar-refractivity contribution in [3.8, 4) is 11.5 Å². The Morgan fingerprint density at radius 1 is 1.07 bits per heavy atom. The predicted octanol–water partition coefficient (Wildman–Crippen LogP) is 4.15. The van der Waals surface area contributed by atoms with E-state index in [9.17, 15) is 9.18 Å². The van der Waals surface area contributed by atoms with Gasteiger partial charge in [0.15, 0.2) is 11.5 Å². The molecule has 3 rings (SSSR count). The van der Waals surface area contributed by atoms with Crippen LogP contribution in [0.3, 0.4) is 0 Å². The number of rotatable bonds is 8. The number of amides is 1. The summed E-state index contributed by atoms with van der Waals surface area (Å²) >= 11 is 0. The standard InChI is InChI=1S/C23H22FN3O3/c1-2-29-22-13-16(14-26-27-23(28)17-8-10-19(25)11-9-17)7-12-21(22)30-15-18-5-3-4-6-20(18)24/h3-14H,2,15,25H2,1H3,(H,27,28)/b26-14-. The summed E-state index contributed by atoms with van der Waals surface area (Å²) < 4.78 is 25.1. The molecule has 0 aromatic heterocycles. The number of halogens is 1. The Morgan fingerprint density at radius 2 is 1.83 bits per heavy atom. The van der Waals surface area contributed by atoms with Gasteiger partial charge in [-0.05, 0) is 61.0 Å². The minimum Gasteiger partial charge on any atom is -0.490 e. The van der Waals surface area contributed by atoms with E-state index in [1.54, 1.807) is 60.7 Å². The first-order chi connectivity index (χ1) is 14.6. The largest absolute Gasteiger partial charge is 0.490 e. The summed E-state index contributed by atoms with van der Waals surface area (Å²) in [4.78, 5) is 12.1. The number of hydrogen-bond acceptors (Lipinski definition) is 5. The number of benzene rings is 3. The number of anilines is 1. The molecule has 0 aliphatic carbocycles. The Kier molecular flexibility index (Phi) is 7.00. The second-order valence-corrected chi connectivity index (χ2v) is 6.34. The van der Waals surface area contributed by atoms with Crippen molar-refractivity contribution in [2.45, 2.75) is 13.5 Å². The minimum absolute atomic E-state index is 0.0812. The van der Waals surface area contributed by atoms with Crippen molar-refractivity contribution in [1.29, 1.82) is 0 Å². The van der Waals surface area contributed by atoms with Crippen LogP contribution in [0.4, 0.5) is 10.1 Å². The van der Waals surface area contributed by atoms with Crippen molar-refractivity contribution in [2.75, 3.05) is 12.3 Å². The molecule has 0 spiro atoms. The van der Waals surface area contributed by atoms with Gasteiger partial charge in [0.05, 0.1) is 12.8 Å². The number of hydrazone groups is 1. The van der Waals surface area contributed by atoms with Crippen LogP contribution in [0, 0.1) is 5.82 Å². The molecule has 7 heteroatoms. The lowest BCUT2D eigenvalue weighted by atomic mass is 10.2. The SMILES string of the molecule is CCOc1cc(/C=N\NC(=O)c2ccc(N)cc2)ccc1OCc1ccccc1F. The molecule has 154 valence electrons. The molecule has 0 fully saturated rings. The number of carbonyl (C=O) groups excluding carboxylic acids is 1. The molecule has 0 heterocycles. The van der Waals surface area contributed by atoms with Crippen molar-refractivity contribution in [3.63, 3.8) is 0 Å². The molecule has 0 radical (unpaired) electrons. The maximum absolute atomic E-state index is 13.8. The Hall–Kier alpha value is -3.87. The molecule has 3 N–H and O–H groups in total. The van der Waals surface area contributed by atoms with Gasteiger partial charge in [-0.2, -0.15) is 5.10 Å². The number of nitrogens with two attached hydrogens (primary N) is 1. The number of ether oxygens (including phenoxy) is 2. The first kappa shape index (κ1) is 20.9. The maximum atomic E-state index is 13.8. The van der Waals surface area contributed by atoms with Gasteiger partial charge in [-0.3, -0.25) is 4.79 Å². The zero-order valence-corrected chi connectivity index (χ0v) is 16.5. The summed E-state index contributed by atoms with van der Waals surface area (Å²) in [5, 5.41) is 3.97. The van der Waals surface area contributed by atoms with Crippen LogP contribution in [0.2, 0.25) is 0 Å². The molecular formula is C23H22FN3O3. The van der Waals surface area contributed by atoms with E-state index >= 15 is 0 Å². The Balaban J connectivity index is 1.66. The predicted molar refractivity (Wildman–Crippen MR) is 114 cm³/mol. The molecule has 0 atom stereocenters. The van der Waals surface area contributed by atoms with Crippen molar-refractivity contribution in [3.05, 3.63) is 89.2 Å². The maximum Gasteiger partial charge on any atom is 0.271 e. The fraction of sp³-hybridized carbons (Fsp3) is 0.130. The van der Waals surface area contributed by atoms with Gasteiger partial charge in [0.25, 0.3) is 5.91 Å². The highest BCUT2D eigenvalue weighted by Gasteiger charge is 2.09. The molecule has 3 aromatic carbocycles. The van der Waals surface area contributed by atoms with E-state index in [4.69, 9.17) is 15.2 Å². The first-order valence-electron chi connectivity index (χ1n) is 9.39. The van der Waals surface area contributed by atoms with Crippen molar-refractivity contribution < 1.29 is 18.7 Å². The highest BCUT2D eigenvalue weighted by molar-refractivity contribution is 5.95. The van der Waals surface area contributed by atoms with Crippen LogP contribution in [-0.2, 0) is 6.61 Å². The number of carbonyl (C=O) groups is 1. The molecule has 0 saturated heterocycles. The summed E-state index contributed by atoms with van der Waals surface area (Å²) in [6, 6.07) is 18.2. The zero-order chi connectivity index (χ0) is 21.3. The van der Waals surface area contributed by atoms with E-state index in [1.165, 1.54) is 12.3 Å². The highest BCUT2D eigenvalue weighted by atomic mass is 19.1. The van der Waals surface area contributed by atoms with Crippen molar-refractivity contribution >= 4 is 17.8 Å². The number of nitrogens with zero attached hydrogens (tertiary/aromatic N) is 1. The van der Waals surface area contributed by atoms with Crippen LogP contribution in [0.1, 0.15) is 28.4 Å². The van der Waals surface area contributed by atoms with Crippen LogP contribution in [-0.4, -0.2) is 18.7 Å². The molecule has 0 aliphatic rings. The number of nitrogen functional groups attached to an aromatic ring is 1. The van der Waals surface area contributed by atoms with E-state index in [0.717, 1.165) is 0 Å². The number of hydrogen-bond donors (Lipinski definition) is 2. The topological polar surface area (TPSA) is 85.9 Å². The first-order valence-corrected chi connectivity index (χ1v) is 9.39. The molecule has 1 amide bonds. The highest BCUT2D eigenvalue weighted by Crippen LogP contribution is 2.29. The monoisotopic (exact) mass is 407 g/mol. The molecule has 0 saturated carbocycles. The van der Waals surface area contributed by atoms with E-state index in [0.29, 0.717) is 40.5 Å². The quantitative estimate of drug-likeness (QED) is 0.334. The van der Waals surface area contributed by atoms with Crippen molar-refractivity contribution in [2.24, 2.45) is 5.10 Å². The van der Waals surface area contributed by atoms with Gasteiger partial charge in [-0.15, -0.1) is 0 Å². The van der Waals surface area contributed by atoms with E-state index in [2.05, 4.69) is 10.5 Å². The Labute approximate surface area is 174 Å². The van der Waals surface area contributed by atoms with Gasteiger partial charge in [0.1, 0.15) is 12.4 Å². The van der Waals surface area contributed by atoms with Crippen molar-refractivity contribution in [1.82, 2.24) is 5.43 Å². The molecule has 0 unspecified atom stereocenters. The van der Waals surface area contributed by atoms with Crippen LogP contribution in [0.5, 0.6) is 11.5 Å². The zero-order valence-electron chi connectivity index (χ0n) is 16.5. The van der Waals surface area contributed by atoms with Crippen LogP contribution < -0.4 is 20.6 Å². The van der Waals surface area contributed by atoms with Gasteiger partial charge in [-0.1, -0.05) is 18.2 Å². The lowest BCUT2D eigenvalue weighted by molar-refractivity contribution is 0.0955. The Morgan fingerprint density at radius 3 is 2.57 bits per heavy atom. The average Bonchev–Trinajstić information content (AvgIpc) is 2.75. The average molecular weight is 407 g/mol. The van der Waals surface area contributed by atoms with E-state index in [-0.39, 0.29) is 18.3 Å². The summed E-state index contributed by atoms with van der Waals surface area (Å²) in [6.07, 6.45) is 1.50. The Bertz CT molecular complexity index is 1040. The van der Waals surface area contributed by atoms with Crippen LogP contribution in [0.25, 0.3) is 0 Å². The molecule has 0 aliphatic heterocycles. The van der Waals surface area contributed by atoms with Gasteiger partial charge in [-0.25, -0.2) is 9.82 Å². The van der Waals surface area contributed by atoms with E-state index < -0.39 is 0 Å². The molecule has 30 heavy (non-hydrogen) atoms. The van der Waals surface area contributed by atoms with E-state index in [1.807, 2.05) is 6.92 Å². The fourth-order valence-corrected chi connectivity index (χ4v) is 2.63. The molecule has 6 nitrogen and oxygen atoms in total. The lowest BCUT2D eigenvalue weighted by Gasteiger charge is -2.13. The van der Waals surface area contributed by atoms with Gasteiger partial charge >= 0.3 is 0 Å². The normalized spacial score (nSPS) is 10.7.